The number of anilines is 1. The molecule has 0 aliphatic carbocycles. The number of aliphatic hydroxyl groups excluding tert-OH is 1. The molecule has 0 aliphatic rings. The largest absolute Gasteiger partial charge is 0.396 e. The normalized spacial score (nSPS) is 12.5. The first-order chi connectivity index (χ1) is 9.01. The Morgan fingerprint density at radius 3 is 2.95 bits per heavy atom. The van der Waals surface area contributed by atoms with Crippen molar-refractivity contribution in [1.82, 2.24) is 20.0 Å². The second-order valence-corrected chi connectivity index (χ2v) is 4.78. The highest BCUT2D eigenvalue weighted by atomic mass is 16.3. The molecule has 0 unspecified atom stereocenters. The predicted octanol–water partition coefficient (Wildman–Crippen LogP) is 0.337. The van der Waals surface area contributed by atoms with Crippen LogP contribution in [0.25, 0.3) is 0 Å². The van der Waals surface area contributed by atoms with Crippen molar-refractivity contribution in [3.8, 4) is 0 Å². The van der Waals surface area contributed by atoms with E-state index in [1.165, 1.54) is 0 Å². The summed E-state index contributed by atoms with van der Waals surface area (Å²) in [6.45, 7) is 3.56. The zero-order valence-electron chi connectivity index (χ0n) is 11.8. The number of carbonyl (C=O) groups is 1. The Balaban J connectivity index is 2.38. The van der Waals surface area contributed by atoms with Crippen LogP contribution in [-0.4, -0.2) is 59.1 Å². The highest BCUT2D eigenvalue weighted by molar-refractivity contribution is 5.88. The van der Waals surface area contributed by atoms with Crippen LogP contribution in [0.1, 0.15) is 13.3 Å². The van der Waals surface area contributed by atoms with E-state index < -0.39 is 0 Å². The average Bonchev–Trinajstić information content (AvgIpc) is 2.74. The fourth-order valence-electron chi connectivity index (χ4n) is 1.50. The SMILES string of the molecule is C[C@H](CCO)NC(=O)Nc1ccn(CCN(C)C)n1. The summed E-state index contributed by atoms with van der Waals surface area (Å²) in [4.78, 5) is 13.7. The topological polar surface area (TPSA) is 82.4 Å². The molecular formula is C12H23N5O2. The molecule has 3 N–H and O–H groups in total. The minimum atomic E-state index is -0.307. The molecule has 0 radical (unpaired) electrons. The molecule has 0 saturated heterocycles. The van der Waals surface area contributed by atoms with E-state index >= 15 is 0 Å². The number of hydrogen-bond donors (Lipinski definition) is 3. The summed E-state index contributed by atoms with van der Waals surface area (Å²) in [7, 11) is 4.00. The third-order valence-corrected chi connectivity index (χ3v) is 2.60. The molecule has 1 heterocycles. The Bertz CT molecular complexity index is 391. The van der Waals surface area contributed by atoms with Gasteiger partial charge in [0.25, 0.3) is 0 Å². The monoisotopic (exact) mass is 269 g/mol. The van der Waals surface area contributed by atoms with Crippen molar-refractivity contribution >= 4 is 11.8 Å². The summed E-state index contributed by atoms with van der Waals surface area (Å²) < 4.78 is 1.78. The average molecular weight is 269 g/mol. The van der Waals surface area contributed by atoms with E-state index in [0.717, 1.165) is 13.1 Å². The highest BCUT2D eigenvalue weighted by Crippen LogP contribution is 2.02. The van der Waals surface area contributed by atoms with Gasteiger partial charge < -0.3 is 15.3 Å². The fourth-order valence-corrected chi connectivity index (χ4v) is 1.50. The molecule has 7 heteroatoms. The smallest absolute Gasteiger partial charge is 0.320 e. The Labute approximate surface area is 113 Å². The van der Waals surface area contributed by atoms with Gasteiger partial charge in [0, 0.05) is 31.5 Å². The van der Waals surface area contributed by atoms with Gasteiger partial charge in [0.2, 0.25) is 0 Å². The van der Waals surface area contributed by atoms with Crippen molar-refractivity contribution in [3.05, 3.63) is 12.3 Å². The van der Waals surface area contributed by atoms with Gasteiger partial charge in [-0.3, -0.25) is 10.00 Å². The Morgan fingerprint density at radius 1 is 1.58 bits per heavy atom. The first-order valence-electron chi connectivity index (χ1n) is 6.38. The molecule has 0 spiro atoms. The van der Waals surface area contributed by atoms with E-state index in [0.29, 0.717) is 12.2 Å². The van der Waals surface area contributed by atoms with E-state index in [9.17, 15) is 4.79 Å². The van der Waals surface area contributed by atoms with Crippen molar-refractivity contribution in [1.29, 1.82) is 0 Å². The van der Waals surface area contributed by atoms with Crippen LogP contribution in [0.2, 0.25) is 0 Å². The zero-order valence-corrected chi connectivity index (χ0v) is 11.8. The van der Waals surface area contributed by atoms with Crippen LogP contribution in [0.15, 0.2) is 12.3 Å². The third kappa shape index (κ3) is 6.21. The van der Waals surface area contributed by atoms with Crippen LogP contribution in [0.4, 0.5) is 10.6 Å². The van der Waals surface area contributed by atoms with E-state index in [2.05, 4.69) is 20.6 Å². The van der Waals surface area contributed by atoms with Crippen LogP contribution in [0.3, 0.4) is 0 Å². The minimum absolute atomic E-state index is 0.0562. The molecular weight excluding hydrogens is 246 g/mol. The summed E-state index contributed by atoms with van der Waals surface area (Å²) >= 11 is 0. The van der Waals surface area contributed by atoms with Crippen LogP contribution >= 0.6 is 0 Å². The predicted molar refractivity (Wildman–Crippen MR) is 74.1 cm³/mol. The van der Waals surface area contributed by atoms with Crippen LogP contribution < -0.4 is 10.6 Å². The Hall–Kier alpha value is -1.60. The maximum Gasteiger partial charge on any atom is 0.320 e. The first kappa shape index (κ1) is 15.5. The number of nitrogens with zero attached hydrogens (tertiary/aromatic N) is 3. The van der Waals surface area contributed by atoms with Gasteiger partial charge in [-0.05, 0) is 27.4 Å². The Morgan fingerprint density at radius 2 is 2.32 bits per heavy atom. The first-order valence-corrected chi connectivity index (χ1v) is 6.38. The maximum absolute atomic E-state index is 11.6. The maximum atomic E-state index is 11.6. The highest BCUT2D eigenvalue weighted by Gasteiger charge is 2.08. The number of aromatic nitrogens is 2. The third-order valence-electron chi connectivity index (χ3n) is 2.60. The van der Waals surface area contributed by atoms with Gasteiger partial charge in [0.15, 0.2) is 5.82 Å². The van der Waals surface area contributed by atoms with Gasteiger partial charge in [-0.1, -0.05) is 0 Å². The molecule has 0 aromatic carbocycles. The van der Waals surface area contributed by atoms with Gasteiger partial charge in [0.05, 0.1) is 6.54 Å². The van der Waals surface area contributed by atoms with E-state index in [4.69, 9.17) is 5.11 Å². The standard InChI is InChI=1S/C12H23N5O2/c1-10(5-9-18)13-12(19)14-11-4-6-17(15-11)8-7-16(2)3/h4,6,10,18H,5,7-9H2,1-3H3,(H2,13,14,15,19)/t10-/m1/s1. The number of nitrogens with one attached hydrogen (secondary N) is 2. The molecule has 1 aromatic rings. The molecule has 19 heavy (non-hydrogen) atoms. The van der Waals surface area contributed by atoms with Crippen molar-refractivity contribution in [2.45, 2.75) is 25.9 Å². The lowest BCUT2D eigenvalue weighted by Gasteiger charge is -2.12. The summed E-state index contributed by atoms with van der Waals surface area (Å²) in [5, 5.41) is 18.4. The van der Waals surface area contributed by atoms with Gasteiger partial charge in [-0.15, -0.1) is 0 Å². The summed E-state index contributed by atoms with van der Waals surface area (Å²) in [5.74, 6) is 0.521. The van der Waals surface area contributed by atoms with Gasteiger partial charge in [-0.25, -0.2) is 4.79 Å². The lowest BCUT2D eigenvalue weighted by atomic mass is 10.2. The van der Waals surface area contributed by atoms with Crippen molar-refractivity contribution in [2.75, 3.05) is 32.6 Å². The molecule has 0 saturated carbocycles. The summed E-state index contributed by atoms with van der Waals surface area (Å²) in [5.41, 5.74) is 0. The number of urea groups is 1. The molecule has 1 atom stereocenters. The van der Waals surface area contributed by atoms with Crippen LogP contribution in [0.5, 0.6) is 0 Å². The van der Waals surface area contributed by atoms with Gasteiger partial charge in [0.1, 0.15) is 0 Å². The number of amides is 2. The number of hydrogen-bond acceptors (Lipinski definition) is 4. The van der Waals surface area contributed by atoms with Crippen LogP contribution in [-0.2, 0) is 6.54 Å². The summed E-state index contributed by atoms with van der Waals surface area (Å²) in [6, 6.07) is 1.38. The molecule has 108 valence electrons. The number of aliphatic hydroxyl groups is 1. The van der Waals surface area contributed by atoms with Crippen molar-refractivity contribution in [3.63, 3.8) is 0 Å². The molecule has 2 amide bonds. The van der Waals surface area contributed by atoms with Gasteiger partial charge in [-0.2, -0.15) is 5.10 Å². The van der Waals surface area contributed by atoms with Crippen molar-refractivity contribution < 1.29 is 9.90 Å². The van der Waals surface area contributed by atoms with E-state index in [-0.39, 0.29) is 18.7 Å². The van der Waals surface area contributed by atoms with E-state index in [1.807, 2.05) is 27.2 Å². The number of rotatable bonds is 7. The van der Waals surface area contributed by atoms with Crippen LogP contribution in [0, 0.1) is 0 Å². The summed E-state index contributed by atoms with van der Waals surface area (Å²) in [6.07, 6.45) is 2.36. The second kappa shape index (κ2) is 7.75. The fraction of sp³-hybridized carbons (Fsp3) is 0.667. The Kier molecular flexibility index (Phi) is 6.31. The molecule has 0 fully saturated rings. The molecule has 1 aromatic heterocycles. The van der Waals surface area contributed by atoms with Gasteiger partial charge >= 0.3 is 6.03 Å². The lowest BCUT2D eigenvalue weighted by Crippen LogP contribution is -2.36. The lowest BCUT2D eigenvalue weighted by molar-refractivity contribution is 0.241. The quantitative estimate of drug-likeness (QED) is 0.666. The molecule has 1 rings (SSSR count). The number of carbonyl (C=O) groups excluding carboxylic acids is 1. The minimum Gasteiger partial charge on any atom is -0.396 e. The molecule has 0 aliphatic heterocycles. The molecule has 7 nitrogen and oxygen atoms in total. The number of likely N-dealkylation sites (N-methyl/N-ethyl adjacent to an activating group) is 1. The second-order valence-electron chi connectivity index (χ2n) is 4.78. The van der Waals surface area contributed by atoms with Crippen molar-refractivity contribution in [2.24, 2.45) is 0 Å². The zero-order chi connectivity index (χ0) is 14.3. The van der Waals surface area contributed by atoms with E-state index in [1.54, 1.807) is 10.7 Å². The molecule has 0 bridgehead atoms.